The average molecular weight is 251 g/mol. The molecule has 1 aromatic carbocycles. The van der Waals surface area contributed by atoms with Gasteiger partial charge in [0.15, 0.2) is 0 Å². The molecule has 0 aliphatic carbocycles. The molecule has 3 heteroatoms. The molecule has 1 atom stereocenters. The average Bonchev–Trinajstić information content (AvgIpc) is 2.35. The van der Waals surface area contributed by atoms with Gasteiger partial charge < -0.3 is 15.2 Å². The van der Waals surface area contributed by atoms with Crippen molar-refractivity contribution >= 4 is 0 Å². The van der Waals surface area contributed by atoms with Crippen molar-refractivity contribution in [3.05, 3.63) is 23.8 Å². The molecule has 0 spiro atoms. The predicted molar refractivity (Wildman–Crippen MR) is 75.4 cm³/mol. The number of unbranched alkanes of at least 4 members (excludes halogenated alkanes) is 2. The van der Waals surface area contributed by atoms with Crippen molar-refractivity contribution in [2.75, 3.05) is 13.7 Å². The van der Waals surface area contributed by atoms with Gasteiger partial charge in [-0.05, 0) is 31.4 Å². The standard InChI is InChI=1S/C15H25NO2/c1-4-5-6-9-18-15-11-14(17-3)8-7-13(15)10-12(2)16/h7-8,11-12H,4-6,9-10,16H2,1-3H3. The van der Waals surface area contributed by atoms with Crippen molar-refractivity contribution in [3.63, 3.8) is 0 Å². The van der Waals surface area contributed by atoms with E-state index in [1.54, 1.807) is 7.11 Å². The van der Waals surface area contributed by atoms with E-state index in [1.165, 1.54) is 12.8 Å². The molecule has 0 aromatic heterocycles. The quantitative estimate of drug-likeness (QED) is 0.722. The molecular weight excluding hydrogens is 226 g/mol. The van der Waals surface area contributed by atoms with Gasteiger partial charge in [0.1, 0.15) is 11.5 Å². The first-order chi connectivity index (χ1) is 8.67. The van der Waals surface area contributed by atoms with Crippen LogP contribution in [0.5, 0.6) is 11.5 Å². The van der Waals surface area contributed by atoms with Gasteiger partial charge in [0.05, 0.1) is 13.7 Å². The number of nitrogens with two attached hydrogens (primary N) is 1. The Kier molecular flexibility index (Phi) is 6.58. The lowest BCUT2D eigenvalue weighted by atomic mass is 10.1. The van der Waals surface area contributed by atoms with Gasteiger partial charge in [0.2, 0.25) is 0 Å². The van der Waals surface area contributed by atoms with Gasteiger partial charge in [0.25, 0.3) is 0 Å². The maximum Gasteiger partial charge on any atom is 0.126 e. The van der Waals surface area contributed by atoms with Crippen LogP contribution in [-0.2, 0) is 6.42 Å². The van der Waals surface area contributed by atoms with Gasteiger partial charge in [-0.1, -0.05) is 25.8 Å². The summed E-state index contributed by atoms with van der Waals surface area (Å²) >= 11 is 0. The summed E-state index contributed by atoms with van der Waals surface area (Å²) in [7, 11) is 1.67. The molecular formula is C15H25NO2. The molecule has 1 aromatic rings. The van der Waals surface area contributed by atoms with Gasteiger partial charge in [-0.3, -0.25) is 0 Å². The third-order valence-corrected chi connectivity index (χ3v) is 2.82. The monoisotopic (exact) mass is 251 g/mol. The molecule has 1 unspecified atom stereocenters. The van der Waals surface area contributed by atoms with Crippen molar-refractivity contribution in [1.29, 1.82) is 0 Å². The molecule has 0 saturated carbocycles. The lowest BCUT2D eigenvalue weighted by molar-refractivity contribution is 0.300. The minimum atomic E-state index is 0.136. The fourth-order valence-electron chi connectivity index (χ4n) is 1.85. The third kappa shape index (κ3) is 4.96. The van der Waals surface area contributed by atoms with Crippen molar-refractivity contribution in [2.45, 2.75) is 45.6 Å². The summed E-state index contributed by atoms with van der Waals surface area (Å²) in [6.07, 6.45) is 4.32. The Morgan fingerprint density at radius 1 is 1.28 bits per heavy atom. The van der Waals surface area contributed by atoms with Crippen molar-refractivity contribution in [2.24, 2.45) is 5.73 Å². The molecule has 0 amide bonds. The summed E-state index contributed by atoms with van der Waals surface area (Å²) in [6, 6.07) is 6.08. The second-order valence-corrected chi connectivity index (χ2v) is 4.71. The maximum atomic E-state index is 5.85. The molecule has 18 heavy (non-hydrogen) atoms. The van der Waals surface area contributed by atoms with E-state index in [0.717, 1.165) is 36.5 Å². The summed E-state index contributed by atoms with van der Waals surface area (Å²) in [5.74, 6) is 1.73. The SMILES string of the molecule is CCCCCOc1cc(OC)ccc1CC(C)N. The minimum absolute atomic E-state index is 0.136. The fourth-order valence-corrected chi connectivity index (χ4v) is 1.85. The summed E-state index contributed by atoms with van der Waals surface area (Å²) < 4.78 is 11.1. The Balaban J connectivity index is 2.69. The Bertz CT molecular complexity index is 350. The van der Waals surface area contributed by atoms with Gasteiger partial charge in [-0.2, -0.15) is 0 Å². The molecule has 0 radical (unpaired) electrons. The predicted octanol–water partition coefficient (Wildman–Crippen LogP) is 3.15. The first kappa shape index (κ1) is 14.8. The number of hydrogen-bond acceptors (Lipinski definition) is 3. The number of hydrogen-bond donors (Lipinski definition) is 1. The molecule has 2 N–H and O–H groups in total. The molecule has 3 nitrogen and oxygen atoms in total. The lowest BCUT2D eigenvalue weighted by Gasteiger charge is -2.14. The van der Waals surface area contributed by atoms with Crippen LogP contribution in [0.3, 0.4) is 0 Å². The van der Waals surface area contributed by atoms with E-state index in [2.05, 4.69) is 6.92 Å². The van der Waals surface area contributed by atoms with E-state index >= 15 is 0 Å². The van der Waals surface area contributed by atoms with Gasteiger partial charge >= 0.3 is 0 Å². The second kappa shape index (κ2) is 7.98. The Labute approximate surface area is 110 Å². The molecule has 0 heterocycles. The molecule has 102 valence electrons. The van der Waals surface area contributed by atoms with Crippen molar-refractivity contribution in [3.8, 4) is 11.5 Å². The van der Waals surface area contributed by atoms with Crippen LogP contribution in [0.4, 0.5) is 0 Å². The van der Waals surface area contributed by atoms with Crippen LogP contribution in [0, 0.1) is 0 Å². The Morgan fingerprint density at radius 2 is 2.06 bits per heavy atom. The van der Waals surface area contributed by atoms with Gasteiger partial charge in [-0.25, -0.2) is 0 Å². The normalized spacial score (nSPS) is 12.2. The van der Waals surface area contributed by atoms with Crippen LogP contribution in [0.25, 0.3) is 0 Å². The van der Waals surface area contributed by atoms with E-state index < -0.39 is 0 Å². The van der Waals surface area contributed by atoms with Gasteiger partial charge in [0, 0.05) is 12.1 Å². The molecule has 0 fully saturated rings. The van der Waals surface area contributed by atoms with Crippen LogP contribution in [0.1, 0.15) is 38.7 Å². The zero-order valence-electron chi connectivity index (χ0n) is 11.7. The van der Waals surface area contributed by atoms with E-state index in [9.17, 15) is 0 Å². The first-order valence-corrected chi connectivity index (χ1v) is 6.72. The second-order valence-electron chi connectivity index (χ2n) is 4.71. The van der Waals surface area contributed by atoms with Crippen LogP contribution in [0.2, 0.25) is 0 Å². The lowest BCUT2D eigenvalue weighted by Crippen LogP contribution is -2.18. The molecule has 1 rings (SSSR count). The minimum Gasteiger partial charge on any atom is -0.497 e. The molecule has 0 saturated heterocycles. The summed E-state index contributed by atoms with van der Waals surface area (Å²) in [5.41, 5.74) is 7.01. The van der Waals surface area contributed by atoms with Gasteiger partial charge in [-0.15, -0.1) is 0 Å². The fraction of sp³-hybridized carbons (Fsp3) is 0.600. The van der Waals surface area contributed by atoms with E-state index in [0.29, 0.717) is 0 Å². The summed E-state index contributed by atoms with van der Waals surface area (Å²) in [5, 5.41) is 0. The third-order valence-electron chi connectivity index (χ3n) is 2.82. The first-order valence-electron chi connectivity index (χ1n) is 6.72. The largest absolute Gasteiger partial charge is 0.497 e. The zero-order valence-corrected chi connectivity index (χ0v) is 11.7. The summed E-state index contributed by atoms with van der Waals surface area (Å²) in [4.78, 5) is 0. The van der Waals surface area contributed by atoms with Crippen molar-refractivity contribution in [1.82, 2.24) is 0 Å². The number of ether oxygens (including phenoxy) is 2. The van der Waals surface area contributed by atoms with Crippen LogP contribution >= 0.6 is 0 Å². The van der Waals surface area contributed by atoms with Crippen molar-refractivity contribution < 1.29 is 9.47 Å². The zero-order chi connectivity index (χ0) is 13.4. The number of rotatable bonds is 8. The topological polar surface area (TPSA) is 44.5 Å². The van der Waals surface area contributed by atoms with Crippen LogP contribution in [0.15, 0.2) is 18.2 Å². The van der Waals surface area contributed by atoms with Crippen LogP contribution < -0.4 is 15.2 Å². The smallest absolute Gasteiger partial charge is 0.126 e. The molecule has 0 aliphatic rings. The highest BCUT2D eigenvalue weighted by Crippen LogP contribution is 2.26. The van der Waals surface area contributed by atoms with Crippen LogP contribution in [-0.4, -0.2) is 19.8 Å². The molecule has 0 aliphatic heterocycles. The number of benzene rings is 1. The van der Waals surface area contributed by atoms with E-state index in [4.69, 9.17) is 15.2 Å². The number of methoxy groups -OCH3 is 1. The van der Waals surface area contributed by atoms with E-state index in [1.807, 2.05) is 25.1 Å². The highest BCUT2D eigenvalue weighted by atomic mass is 16.5. The Morgan fingerprint density at radius 3 is 2.67 bits per heavy atom. The maximum absolute atomic E-state index is 5.85. The van der Waals surface area contributed by atoms with E-state index in [-0.39, 0.29) is 6.04 Å². The highest BCUT2D eigenvalue weighted by Gasteiger charge is 2.08. The molecule has 0 bridgehead atoms. The Hall–Kier alpha value is -1.22. The highest BCUT2D eigenvalue weighted by molar-refractivity contribution is 5.41. The summed E-state index contributed by atoms with van der Waals surface area (Å²) in [6.45, 7) is 4.95.